The fourth-order valence-electron chi connectivity index (χ4n) is 1.50. The van der Waals surface area contributed by atoms with Crippen LogP contribution in [0.2, 0.25) is 0 Å². The van der Waals surface area contributed by atoms with Gasteiger partial charge >= 0.3 is 0 Å². The Labute approximate surface area is 104 Å². The van der Waals surface area contributed by atoms with Crippen LogP contribution in [0, 0.1) is 17.0 Å². The Morgan fingerprint density at radius 2 is 2.28 bits per heavy atom. The van der Waals surface area contributed by atoms with E-state index < -0.39 is 16.9 Å². The number of carbonyl (C=O) groups is 1. The van der Waals surface area contributed by atoms with Gasteiger partial charge in [0.1, 0.15) is 5.75 Å². The minimum atomic E-state index is -0.768. The molecule has 0 aliphatic rings. The second kappa shape index (κ2) is 5.97. The lowest BCUT2D eigenvalue weighted by molar-refractivity contribution is -0.385. The summed E-state index contributed by atoms with van der Waals surface area (Å²) in [6.07, 6.45) is -0.360. The van der Waals surface area contributed by atoms with Crippen LogP contribution in [0.1, 0.15) is 18.9 Å². The Kier molecular flexibility index (Phi) is 4.61. The minimum Gasteiger partial charge on any atom is -0.480 e. The average Bonchev–Trinajstić information content (AvgIpc) is 2.36. The van der Waals surface area contributed by atoms with Crippen LogP contribution < -0.4 is 16.0 Å². The summed E-state index contributed by atoms with van der Waals surface area (Å²) in [5.74, 6) is 4.87. The van der Waals surface area contributed by atoms with E-state index in [4.69, 9.17) is 10.6 Å². The average molecular weight is 253 g/mol. The molecule has 0 radical (unpaired) electrons. The molecular formula is C11H15N3O4. The Bertz CT molecular complexity index is 462. The normalized spacial score (nSPS) is 11.7. The van der Waals surface area contributed by atoms with E-state index in [-0.39, 0.29) is 5.69 Å². The maximum atomic E-state index is 11.4. The summed E-state index contributed by atoms with van der Waals surface area (Å²) in [6.45, 7) is 3.33. The summed E-state index contributed by atoms with van der Waals surface area (Å²) in [5.41, 5.74) is 2.33. The molecule has 0 bridgehead atoms. The molecule has 0 aromatic heterocycles. The number of carbonyl (C=O) groups excluding carboxylic acids is 1. The SMILES string of the molecule is CCC(Oc1cccc([N+](=O)[O-])c1C)C(=O)NN. The molecule has 1 amide bonds. The molecule has 0 aliphatic carbocycles. The van der Waals surface area contributed by atoms with Gasteiger partial charge in [0.2, 0.25) is 0 Å². The van der Waals surface area contributed by atoms with Gasteiger partial charge in [-0.05, 0) is 19.4 Å². The molecule has 98 valence electrons. The van der Waals surface area contributed by atoms with Crippen LogP contribution in [0.25, 0.3) is 0 Å². The van der Waals surface area contributed by atoms with Crippen LogP contribution in [0.4, 0.5) is 5.69 Å². The zero-order chi connectivity index (χ0) is 13.7. The van der Waals surface area contributed by atoms with Gasteiger partial charge in [-0.3, -0.25) is 20.3 Å². The largest absolute Gasteiger partial charge is 0.480 e. The van der Waals surface area contributed by atoms with Gasteiger partial charge in [-0.25, -0.2) is 5.84 Å². The first kappa shape index (κ1) is 13.9. The Balaban J connectivity index is 3.00. The highest BCUT2D eigenvalue weighted by Crippen LogP contribution is 2.28. The Hall–Kier alpha value is -2.15. The number of amides is 1. The molecule has 1 unspecified atom stereocenters. The van der Waals surface area contributed by atoms with Gasteiger partial charge in [-0.1, -0.05) is 13.0 Å². The molecule has 0 saturated carbocycles. The lowest BCUT2D eigenvalue weighted by Gasteiger charge is -2.17. The predicted octanol–water partition coefficient (Wildman–Crippen LogP) is 1.05. The van der Waals surface area contributed by atoms with Crippen LogP contribution in [0.3, 0.4) is 0 Å². The van der Waals surface area contributed by atoms with E-state index >= 15 is 0 Å². The van der Waals surface area contributed by atoms with Crippen molar-refractivity contribution in [3.63, 3.8) is 0 Å². The minimum absolute atomic E-state index is 0.0458. The van der Waals surface area contributed by atoms with Crippen molar-refractivity contribution < 1.29 is 14.5 Å². The standard InChI is InChI=1S/C11H15N3O4/c1-3-9(11(15)13-12)18-10-6-4-5-8(7(10)2)14(16)17/h4-6,9H,3,12H2,1-2H3,(H,13,15). The van der Waals surface area contributed by atoms with Crippen molar-refractivity contribution in [2.24, 2.45) is 5.84 Å². The van der Waals surface area contributed by atoms with Gasteiger partial charge in [-0.15, -0.1) is 0 Å². The van der Waals surface area contributed by atoms with Crippen molar-refractivity contribution in [2.75, 3.05) is 0 Å². The maximum Gasteiger partial charge on any atom is 0.276 e. The van der Waals surface area contributed by atoms with Gasteiger partial charge in [0, 0.05) is 6.07 Å². The lowest BCUT2D eigenvalue weighted by Crippen LogP contribution is -2.41. The molecule has 7 nitrogen and oxygen atoms in total. The third-order valence-electron chi connectivity index (χ3n) is 2.53. The van der Waals surface area contributed by atoms with Gasteiger partial charge in [0.05, 0.1) is 10.5 Å². The third kappa shape index (κ3) is 2.95. The van der Waals surface area contributed by atoms with E-state index in [9.17, 15) is 14.9 Å². The maximum absolute atomic E-state index is 11.4. The number of nitrogens with one attached hydrogen (secondary N) is 1. The van der Waals surface area contributed by atoms with Crippen molar-refractivity contribution in [1.29, 1.82) is 0 Å². The zero-order valence-corrected chi connectivity index (χ0v) is 10.2. The van der Waals surface area contributed by atoms with Crippen LogP contribution in [-0.4, -0.2) is 16.9 Å². The third-order valence-corrected chi connectivity index (χ3v) is 2.53. The first-order valence-electron chi connectivity index (χ1n) is 5.42. The number of hydrogen-bond donors (Lipinski definition) is 2. The number of ether oxygens (including phenoxy) is 1. The number of nitro benzene ring substituents is 1. The second-order valence-electron chi connectivity index (χ2n) is 3.68. The molecule has 7 heteroatoms. The number of benzene rings is 1. The second-order valence-corrected chi connectivity index (χ2v) is 3.68. The van der Waals surface area contributed by atoms with Gasteiger partial charge in [0.25, 0.3) is 11.6 Å². The number of rotatable bonds is 5. The fourth-order valence-corrected chi connectivity index (χ4v) is 1.50. The summed E-state index contributed by atoms with van der Waals surface area (Å²) < 4.78 is 5.44. The summed E-state index contributed by atoms with van der Waals surface area (Å²) in [4.78, 5) is 21.7. The van der Waals surface area contributed by atoms with Crippen molar-refractivity contribution in [3.8, 4) is 5.75 Å². The van der Waals surface area contributed by atoms with Crippen LogP contribution in [0.5, 0.6) is 5.75 Å². The molecule has 0 fully saturated rings. The lowest BCUT2D eigenvalue weighted by atomic mass is 10.1. The molecule has 18 heavy (non-hydrogen) atoms. The summed E-state index contributed by atoms with van der Waals surface area (Å²) >= 11 is 0. The van der Waals surface area contributed by atoms with Crippen molar-refractivity contribution >= 4 is 11.6 Å². The van der Waals surface area contributed by atoms with E-state index in [1.165, 1.54) is 12.1 Å². The smallest absolute Gasteiger partial charge is 0.276 e. The highest BCUT2D eigenvalue weighted by Gasteiger charge is 2.21. The first-order chi connectivity index (χ1) is 8.51. The van der Waals surface area contributed by atoms with Gasteiger partial charge in [0.15, 0.2) is 6.10 Å². The van der Waals surface area contributed by atoms with E-state index in [1.807, 2.05) is 5.43 Å². The molecule has 1 rings (SSSR count). The molecule has 1 aromatic rings. The highest BCUT2D eigenvalue weighted by molar-refractivity contribution is 5.80. The number of hydrazine groups is 1. The first-order valence-corrected chi connectivity index (χ1v) is 5.42. The number of nitrogens with zero attached hydrogens (tertiary/aromatic N) is 1. The van der Waals surface area contributed by atoms with Crippen LogP contribution in [-0.2, 0) is 4.79 Å². The highest BCUT2D eigenvalue weighted by atomic mass is 16.6. The number of hydrogen-bond acceptors (Lipinski definition) is 5. The van der Waals surface area contributed by atoms with Crippen molar-refractivity contribution in [2.45, 2.75) is 26.4 Å². The van der Waals surface area contributed by atoms with E-state index in [0.717, 1.165) is 0 Å². The van der Waals surface area contributed by atoms with Crippen LogP contribution in [0.15, 0.2) is 18.2 Å². The van der Waals surface area contributed by atoms with Crippen molar-refractivity contribution in [1.82, 2.24) is 5.43 Å². The molecule has 1 atom stereocenters. The summed E-state index contributed by atoms with van der Waals surface area (Å²) in [6, 6.07) is 4.47. The van der Waals surface area contributed by atoms with Gasteiger partial charge < -0.3 is 4.74 Å². The van der Waals surface area contributed by atoms with E-state index in [2.05, 4.69) is 0 Å². The number of nitro groups is 1. The zero-order valence-electron chi connectivity index (χ0n) is 10.2. The molecule has 0 saturated heterocycles. The number of nitrogens with two attached hydrogens (primary N) is 1. The molecule has 0 spiro atoms. The molecule has 1 aromatic carbocycles. The van der Waals surface area contributed by atoms with E-state index in [0.29, 0.717) is 17.7 Å². The molecular weight excluding hydrogens is 238 g/mol. The summed E-state index contributed by atoms with van der Waals surface area (Å²) in [5, 5.41) is 10.8. The predicted molar refractivity (Wildman–Crippen MR) is 64.9 cm³/mol. The molecule has 3 N–H and O–H groups in total. The molecule has 0 aliphatic heterocycles. The quantitative estimate of drug-likeness (QED) is 0.353. The van der Waals surface area contributed by atoms with Crippen molar-refractivity contribution in [3.05, 3.63) is 33.9 Å². The van der Waals surface area contributed by atoms with E-state index in [1.54, 1.807) is 19.9 Å². The Morgan fingerprint density at radius 3 is 2.78 bits per heavy atom. The monoisotopic (exact) mass is 253 g/mol. The topological polar surface area (TPSA) is 107 Å². The summed E-state index contributed by atoms with van der Waals surface area (Å²) in [7, 11) is 0. The van der Waals surface area contributed by atoms with Crippen LogP contribution >= 0.6 is 0 Å². The van der Waals surface area contributed by atoms with Gasteiger partial charge in [-0.2, -0.15) is 0 Å². The Morgan fingerprint density at radius 1 is 1.61 bits per heavy atom. The molecule has 0 heterocycles. The fraction of sp³-hybridized carbons (Fsp3) is 0.364.